The number of hydrogen-bond acceptors (Lipinski definition) is 3. The Morgan fingerprint density at radius 2 is 2.00 bits per heavy atom. The van der Waals surface area contributed by atoms with Crippen molar-refractivity contribution < 1.29 is 9.18 Å². The molecule has 0 unspecified atom stereocenters. The first kappa shape index (κ1) is 20.1. The maximum Gasteiger partial charge on any atom is 0.271 e. The molecule has 3 rings (SSSR count). The summed E-state index contributed by atoms with van der Waals surface area (Å²) in [5.74, 6) is -0.281. The summed E-state index contributed by atoms with van der Waals surface area (Å²) in [7, 11) is 0. The SMILES string of the molecule is CCN1c2cc(C)c(/C=N\NC(=O)c3ccc(F)cc3)cc2[C@H](C)CC1(C)C. The Labute approximate surface area is 166 Å². The Hall–Kier alpha value is -2.69. The van der Waals surface area contributed by atoms with Gasteiger partial charge in [-0.3, -0.25) is 4.79 Å². The zero-order chi connectivity index (χ0) is 20.5. The van der Waals surface area contributed by atoms with Crippen molar-refractivity contribution in [3.63, 3.8) is 0 Å². The number of nitrogens with zero attached hydrogens (tertiary/aromatic N) is 2. The lowest BCUT2D eigenvalue weighted by atomic mass is 9.79. The van der Waals surface area contributed by atoms with Gasteiger partial charge >= 0.3 is 0 Å². The van der Waals surface area contributed by atoms with Gasteiger partial charge < -0.3 is 4.90 Å². The molecule has 5 heteroatoms. The van der Waals surface area contributed by atoms with E-state index < -0.39 is 0 Å². The first-order valence-corrected chi connectivity index (χ1v) is 9.74. The fourth-order valence-corrected chi connectivity index (χ4v) is 4.21. The molecule has 1 aliphatic rings. The molecule has 0 saturated heterocycles. The molecule has 0 aromatic heterocycles. The van der Waals surface area contributed by atoms with E-state index in [1.54, 1.807) is 6.21 Å². The molecule has 0 saturated carbocycles. The lowest BCUT2D eigenvalue weighted by Crippen LogP contribution is -2.48. The van der Waals surface area contributed by atoms with Gasteiger partial charge in [0.05, 0.1) is 6.21 Å². The monoisotopic (exact) mass is 381 g/mol. The molecule has 4 nitrogen and oxygen atoms in total. The van der Waals surface area contributed by atoms with Gasteiger partial charge in [-0.2, -0.15) is 5.10 Å². The van der Waals surface area contributed by atoms with Crippen molar-refractivity contribution >= 4 is 17.8 Å². The Morgan fingerprint density at radius 1 is 1.32 bits per heavy atom. The van der Waals surface area contributed by atoms with Crippen LogP contribution in [-0.4, -0.2) is 24.2 Å². The maximum absolute atomic E-state index is 13.0. The standard InChI is InChI=1S/C23H28FN3O/c1-6-27-21-11-15(2)18(12-20(21)16(3)13-23(27,4)5)14-25-26-22(28)17-7-9-19(24)10-8-17/h7-12,14,16H,6,13H2,1-5H3,(H,26,28)/b25-14-/t16-/m1/s1. The van der Waals surface area contributed by atoms with Gasteiger partial charge in [-0.05, 0) is 93.1 Å². The van der Waals surface area contributed by atoms with Crippen LogP contribution in [0.15, 0.2) is 41.5 Å². The van der Waals surface area contributed by atoms with Crippen molar-refractivity contribution in [2.75, 3.05) is 11.4 Å². The fourth-order valence-electron chi connectivity index (χ4n) is 4.21. The second kappa shape index (κ2) is 7.74. The number of carbonyl (C=O) groups excluding carboxylic acids is 1. The van der Waals surface area contributed by atoms with Crippen molar-refractivity contribution in [3.05, 3.63) is 64.5 Å². The van der Waals surface area contributed by atoms with Crippen LogP contribution >= 0.6 is 0 Å². The van der Waals surface area contributed by atoms with Crippen LogP contribution in [0.1, 0.15) is 67.1 Å². The van der Waals surface area contributed by atoms with Gasteiger partial charge in [-0.1, -0.05) is 6.92 Å². The van der Waals surface area contributed by atoms with Crippen LogP contribution in [0.2, 0.25) is 0 Å². The lowest BCUT2D eigenvalue weighted by molar-refractivity contribution is 0.0955. The van der Waals surface area contributed by atoms with Crippen LogP contribution in [0.4, 0.5) is 10.1 Å². The number of aryl methyl sites for hydroxylation is 1. The Morgan fingerprint density at radius 3 is 2.64 bits per heavy atom. The molecular formula is C23H28FN3O. The van der Waals surface area contributed by atoms with E-state index >= 15 is 0 Å². The third-order valence-electron chi connectivity index (χ3n) is 5.57. The average molecular weight is 381 g/mol. The van der Waals surface area contributed by atoms with Crippen LogP contribution in [0.25, 0.3) is 0 Å². The molecule has 1 N–H and O–H groups in total. The summed E-state index contributed by atoms with van der Waals surface area (Å²) in [5.41, 5.74) is 7.72. The molecule has 2 aromatic rings. The number of anilines is 1. The number of hydrogen-bond donors (Lipinski definition) is 1. The van der Waals surface area contributed by atoms with Crippen molar-refractivity contribution in [3.8, 4) is 0 Å². The maximum atomic E-state index is 13.0. The lowest BCUT2D eigenvalue weighted by Gasteiger charge is -2.47. The minimum atomic E-state index is -0.372. The summed E-state index contributed by atoms with van der Waals surface area (Å²) < 4.78 is 13.0. The van der Waals surface area contributed by atoms with E-state index in [-0.39, 0.29) is 17.3 Å². The second-order valence-electron chi connectivity index (χ2n) is 8.14. The van der Waals surface area contributed by atoms with Crippen molar-refractivity contribution in [1.82, 2.24) is 5.43 Å². The molecule has 0 bridgehead atoms. The molecule has 2 aromatic carbocycles. The summed E-state index contributed by atoms with van der Waals surface area (Å²) in [6.07, 6.45) is 2.77. The average Bonchev–Trinajstić information content (AvgIpc) is 2.62. The number of amides is 1. The van der Waals surface area contributed by atoms with E-state index in [0.717, 1.165) is 24.1 Å². The normalized spacial score (nSPS) is 18.2. The molecule has 0 aliphatic carbocycles. The second-order valence-corrected chi connectivity index (χ2v) is 8.14. The minimum absolute atomic E-state index is 0.131. The third-order valence-corrected chi connectivity index (χ3v) is 5.57. The van der Waals surface area contributed by atoms with Crippen LogP contribution in [0.3, 0.4) is 0 Å². The van der Waals surface area contributed by atoms with Crippen LogP contribution in [0, 0.1) is 12.7 Å². The summed E-state index contributed by atoms with van der Waals surface area (Å²) >= 11 is 0. The molecule has 148 valence electrons. The quantitative estimate of drug-likeness (QED) is 0.598. The zero-order valence-electron chi connectivity index (χ0n) is 17.2. The molecule has 1 aliphatic heterocycles. The Bertz CT molecular complexity index is 903. The van der Waals surface area contributed by atoms with Gasteiger partial charge in [0.15, 0.2) is 0 Å². The number of carbonyl (C=O) groups is 1. The van der Waals surface area contributed by atoms with E-state index in [1.807, 2.05) is 0 Å². The van der Waals surface area contributed by atoms with Crippen LogP contribution in [0.5, 0.6) is 0 Å². The van der Waals surface area contributed by atoms with Gasteiger partial charge in [0.1, 0.15) is 5.82 Å². The molecule has 0 radical (unpaired) electrons. The number of halogens is 1. The predicted molar refractivity (Wildman–Crippen MR) is 113 cm³/mol. The van der Waals surface area contributed by atoms with Gasteiger partial charge in [0.2, 0.25) is 0 Å². The Balaban J connectivity index is 1.82. The first-order valence-electron chi connectivity index (χ1n) is 9.74. The van der Waals surface area contributed by atoms with Gasteiger partial charge in [-0.25, -0.2) is 9.82 Å². The molecule has 1 heterocycles. The van der Waals surface area contributed by atoms with Gasteiger partial charge in [-0.15, -0.1) is 0 Å². The molecule has 1 atom stereocenters. The molecular weight excluding hydrogens is 353 g/mol. The van der Waals surface area contributed by atoms with Gasteiger partial charge in [0, 0.05) is 23.3 Å². The molecule has 0 spiro atoms. The van der Waals surface area contributed by atoms with E-state index in [9.17, 15) is 9.18 Å². The molecule has 0 fully saturated rings. The fraction of sp³-hybridized carbons (Fsp3) is 0.391. The Kier molecular flexibility index (Phi) is 5.54. The summed E-state index contributed by atoms with van der Waals surface area (Å²) in [6.45, 7) is 12.1. The zero-order valence-corrected chi connectivity index (χ0v) is 17.2. The van der Waals surface area contributed by atoms with Gasteiger partial charge in [0.25, 0.3) is 5.91 Å². The smallest absolute Gasteiger partial charge is 0.271 e. The van der Waals surface area contributed by atoms with E-state index in [1.165, 1.54) is 35.5 Å². The highest BCUT2D eigenvalue weighted by atomic mass is 19.1. The highest BCUT2D eigenvalue weighted by Crippen LogP contribution is 2.43. The number of rotatable bonds is 4. The highest BCUT2D eigenvalue weighted by molar-refractivity contribution is 5.95. The molecule has 1 amide bonds. The third kappa shape index (κ3) is 3.93. The van der Waals surface area contributed by atoms with Crippen molar-refractivity contribution in [2.24, 2.45) is 5.10 Å². The number of nitrogens with one attached hydrogen (secondary N) is 1. The largest absolute Gasteiger partial charge is 0.366 e. The summed E-state index contributed by atoms with van der Waals surface area (Å²) in [5, 5.41) is 4.11. The van der Waals surface area contributed by atoms with Crippen molar-refractivity contribution in [1.29, 1.82) is 0 Å². The summed E-state index contributed by atoms with van der Waals surface area (Å²) in [6, 6.07) is 9.80. The van der Waals surface area contributed by atoms with E-state index in [4.69, 9.17) is 0 Å². The van der Waals surface area contributed by atoms with Crippen LogP contribution < -0.4 is 10.3 Å². The first-order chi connectivity index (χ1) is 13.2. The van der Waals surface area contributed by atoms with E-state index in [0.29, 0.717) is 11.5 Å². The number of fused-ring (bicyclic) bond motifs is 1. The highest BCUT2D eigenvalue weighted by Gasteiger charge is 2.35. The topological polar surface area (TPSA) is 44.7 Å². The van der Waals surface area contributed by atoms with Crippen molar-refractivity contribution in [2.45, 2.75) is 52.5 Å². The van der Waals surface area contributed by atoms with E-state index in [2.05, 4.69) is 62.2 Å². The number of benzene rings is 2. The minimum Gasteiger partial charge on any atom is -0.366 e. The predicted octanol–water partition coefficient (Wildman–Crippen LogP) is 5.01. The number of hydrazone groups is 1. The summed E-state index contributed by atoms with van der Waals surface area (Å²) in [4.78, 5) is 14.6. The van der Waals surface area contributed by atoms with Crippen LogP contribution in [-0.2, 0) is 0 Å². The molecule has 28 heavy (non-hydrogen) atoms.